The summed E-state index contributed by atoms with van der Waals surface area (Å²) in [6.45, 7) is 9.02. The molecule has 5 heteroatoms. The number of benzene rings is 1. The van der Waals surface area contributed by atoms with E-state index in [0.717, 1.165) is 6.42 Å². The third-order valence-corrected chi connectivity index (χ3v) is 3.25. The lowest BCUT2D eigenvalue weighted by Crippen LogP contribution is -2.37. The SMILES string of the molecule is CCN(CCc1ccccc1)C(=O)CCNC(=O)OC(C)(C)C. The molecule has 0 heterocycles. The van der Waals surface area contributed by atoms with Crippen LogP contribution in [-0.4, -0.2) is 42.1 Å². The van der Waals surface area contributed by atoms with Gasteiger partial charge >= 0.3 is 6.09 Å². The van der Waals surface area contributed by atoms with E-state index in [1.807, 2.05) is 30.0 Å². The molecule has 1 rings (SSSR count). The average molecular weight is 320 g/mol. The number of hydrogen-bond donors (Lipinski definition) is 1. The molecule has 1 aromatic carbocycles. The number of amides is 2. The highest BCUT2D eigenvalue weighted by molar-refractivity contribution is 5.77. The van der Waals surface area contributed by atoms with Gasteiger partial charge in [-0.25, -0.2) is 4.79 Å². The van der Waals surface area contributed by atoms with E-state index in [1.54, 1.807) is 20.8 Å². The van der Waals surface area contributed by atoms with Gasteiger partial charge in [0.25, 0.3) is 0 Å². The Balaban J connectivity index is 2.32. The third-order valence-electron chi connectivity index (χ3n) is 3.25. The number of carbonyl (C=O) groups excluding carboxylic acids is 2. The fourth-order valence-electron chi connectivity index (χ4n) is 2.11. The largest absolute Gasteiger partial charge is 0.444 e. The number of hydrogen-bond acceptors (Lipinski definition) is 3. The predicted octanol–water partition coefficient (Wildman–Crippen LogP) is 2.99. The molecule has 5 nitrogen and oxygen atoms in total. The minimum atomic E-state index is -0.529. The van der Waals surface area contributed by atoms with Gasteiger partial charge in [-0.15, -0.1) is 0 Å². The van der Waals surface area contributed by atoms with Crippen molar-refractivity contribution in [3.8, 4) is 0 Å². The summed E-state index contributed by atoms with van der Waals surface area (Å²) in [5, 5.41) is 2.61. The summed E-state index contributed by atoms with van der Waals surface area (Å²) in [5.74, 6) is 0.0412. The van der Waals surface area contributed by atoms with Crippen LogP contribution in [0.3, 0.4) is 0 Å². The maximum Gasteiger partial charge on any atom is 0.407 e. The van der Waals surface area contributed by atoms with Crippen LogP contribution in [-0.2, 0) is 16.0 Å². The molecule has 0 aliphatic carbocycles. The Morgan fingerprint density at radius 3 is 2.39 bits per heavy atom. The molecule has 1 N–H and O–H groups in total. The van der Waals surface area contributed by atoms with Crippen molar-refractivity contribution in [2.24, 2.45) is 0 Å². The number of nitrogens with one attached hydrogen (secondary N) is 1. The molecular formula is C18H28N2O3. The zero-order chi connectivity index (χ0) is 17.3. The Morgan fingerprint density at radius 2 is 1.83 bits per heavy atom. The summed E-state index contributed by atoms with van der Waals surface area (Å²) in [6.07, 6.45) is 0.625. The molecule has 2 amide bonds. The van der Waals surface area contributed by atoms with E-state index in [4.69, 9.17) is 4.74 Å². The van der Waals surface area contributed by atoms with Crippen molar-refractivity contribution in [2.45, 2.75) is 46.1 Å². The van der Waals surface area contributed by atoms with Crippen molar-refractivity contribution in [3.05, 3.63) is 35.9 Å². The van der Waals surface area contributed by atoms with E-state index >= 15 is 0 Å². The van der Waals surface area contributed by atoms with Crippen LogP contribution in [0.25, 0.3) is 0 Å². The van der Waals surface area contributed by atoms with Crippen LogP contribution >= 0.6 is 0 Å². The second-order valence-electron chi connectivity index (χ2n) is 6.39. The number of alkyl carbamates (subject to hydrolysis) is 1. The van der Waals surface area contributed by atoms with Gasteiger partial charge in [0, 0.05) is 26.1 Å². The molecule has 0 aliphatic heterocycles. The maximum atomic E-state index is 12.2. The lowest BCUT2D eigenvalue weighted by molar-refractivity contribution is -0.130. The van der Waals surface area contributed by atoms with Gasteiger partial charge in [0.1, 0.15) is 5.60 Å². The summed E-state index contributed by atoms with van der Waals surface area (Å²) >= 11 is 0. The Hall–Kier alpha value is -2.04. The van der Waals surface area contributed by atoms with Crippen LogP contribution in [0.1, 0.15) is 39.7 Å². The lowest BCUT2D eigenvalue weighted by atomic mass is 10.1. The van der Waals surface area contributed by atoms with Crippen LogP contribution in [0.5, 0.6) is 0 Å². The monoisotopic (exact) mass is 320 g/mol. The topological polar surface area (TPSA) is 58.6 Å². The van der Waals surface area contributed by atoms with Gasteiger partial charge in [-0.3, -0.25) is 4.79 Å². The molecule has 0 unspecified atom stereocenters. The number of carbonyl (C=O) groups is 2. The van der Waals surface area contributed by atoms with Crippen molar-refractivity contribution >= 4 is 12.0 Å². The first-order valence-corrected chi connectivity index (χ1v) is 8.10. The molecule has 0 saturated heterocycles. The van der Waals surface area contributed by atoms with Crippen LogP contribution < -0.4 is 5.32 Å². The molecule has 1 aromatic rings. The molecule has 0 atom stereocenters. The molecule has 0 bridgehead atoms. The summed E-state index contributed by atoms with van der Waals surface area (Å²) in [4.78, 5) is 25.5. The van der Waals surface area contributed by atoms with Gasteiger partial charge in [-0.1, -0.05) is 30.3 Å². The summed E-state index contributed by atoms with van der Waals surface area (Å²) < 4.78 is 5.14. The Labute approximate surface area is 139 Å². The van der Waals surface area contributed by atoms with Crippen molar-refractivity contribution in [3.63, 3.8) is 0 Å². The third kappa shape index (κ3) is 8.24. The summed E-state index contributed by atoms with van der Waals surface area (Å²) in [5.41, 5.74) is 0.685. The van der Waals surface area contributed by atoms with Gasteiger partial charge in [-0.2, -0.15) is 0 Å². The number of rotatable bonds is 7. The number of likely N-dealkylation sites (N-methyl/N-ethyl adjacent to an activating group) is 1. The summed E-state index contributed by atoms with van der Waals surface area (Å²) in [6, 6.07) is 10.1. The fourth-order valence-corrected chi connectivity index (χ4v) is 2.11. The predicted molar refractivity (Wildman–Crippen MR) is 91.3 cm³/mol. The quantitative estimate of drug-likeness (QED) is 0.840. The maximum absolute atomic E-state index is 12.2. The second kappa shape index (κ2) is 9.18. The molecule has 0 spiro atoms. The van der Waals surface area contributed by atoms with E-state index in [0.29, 0.717) is 13.1 Å². The molecule has 0 saturated carbocycles. The molecule has 0 fully saturated rings. The average Bonchev–Trinajstić information content (AvgIpc) is 2.47. The highest BCUT2D eigenvalue weighted by Gasteiger charge is 2.17. The first-order chi connectivity index (χ1) is 10.8. The Morgan fingerprint density at radius 1 is 1.17 bits per heavy atom. The summed E-state index contributed by atoms with van der Waals surface area (Å²) in [7, 11) is 0. The molecule has 0 aliphatic rings. The molecule has 0 aromatic heterocycles. The van der Waals surface area contributed by atoms with Crippen LogP contribution in [0.15, 0.2) is 30.3 Å². The van der Waals surface area contributed by atoms with Gasteiger partial charge < -0.3 is 15.0 Å². The van der Waals surface area contributed by atoms with E-state index in [9.17, 15) is 9.59 Å². The van der Waals surface area contributed by atoms with Gasteiger partial charge in [0.2, 0.25) is 5.91 Å². The zero-order valence-corrected chi connectivity index (χ0v) is 14.6. The minimum Gasteiger partial charge on any atom is -0.444 e. The standard InChI is InChI=1S/C18H28N2O3/c1-5-20(14-12-15-9-7-6-8-10-15)16(21)11-13-19-17(22)23-18(2,3)4/h6-10H,5,11-14H2,1-4H3,(H,19,22). The fraction of sp³-hybridized carbons (Fsp3) is 0.556. The Kier molecular flexibility index (Phi) is 7.59. The van der Waals surface area contributed by atoms with Crippen molar-refractivity contribution in [1.29, 1.82) is 0 Å². The van der Waals surface area contributed by atoms with Crippen LogP contribution in [0, 0.1) is 0 Å². The first-order valence-electron chi connectivity index (χ1n) is 8.10. The van der Waals surface area contributed by atoms with Gasteiger partial charge in [0.15, 0.2) is 0 Å². The van der Waals surface area contributed by atoms with E-state index in [2.05, 4.69) is 17.4 Å². The number of ether oxygens (including phenoxy) is 1. The normalized spacial score (nSPS) is 11.0. The minimum absolute atomic E-state index is 0.0412. The number of nitrogens with zero attached hydrogens (tertiary/aromatic N) is 1. The van der Waals surface area contributed by atoms with E-state index in [1.165, 1.54) is 5.56 Å². The first kappa shape index (κ1) is 19.0. The van der Waals surface area contributed by atoms with E-state index < -0.39 is 11.7 Å². The van der Waals surface area contributed by atoms with Crippen molar-refractivity contribution in [2.75, 3.05) is 19.6 Å². The lowest BCUT2D eigenvalue weighted by Gasteiger charge is -2.22. The highest BCUT2D eigenvalue weighted by atomic mass is 16.6. The molecule has 23 heavy (non-hydrogen) atoms. The molecular weight excluding hydrogens is 292 g/mol. The van der Waals surface area contributed by atoms with E-state index in [-0.39, 0.29) is 18.9 Å². The van der Waals surface area contributed by atoms with Gasteiger partial charge in [-0.05, 0) is 39.7 Å². The molecule has 0 radical (unpaired) electrons. The molecule has 128 valence electrons. The smallest absolute Gasteiger partial charge is 0.407 e. The van der Waals surface area contributed by atoms with Crippen LogP contribution in [0.4, 0.5) is 4.79 Å². The Bertz CT molecular complexity index is 495. The second-order valence-corrected chi connectivity index (χ2v) is 6.39. The van der Waals surface area contributed by atoms with Crippen molar-refractivity contribution in [1.82, 2.24) is 10.2 Å². The van der Waals surface area contributed by atoms with Gasteiger partial charge in [0.05, 0.1) is 0 Å². The van der Waals surface area contributed by atoms with Crippen LogP contribution in [0.2, 0.25) is 0 Å². The zero-order valence-electron chi connectivity index (χ0n) is 14.6. The highest BCUT2D eigenvalue weighted by Crippen LogP contribution is 2.06. The van der Waals surface area contributed by atoms with Crippen molar-refractivity contribution < 1.29 is 14.3 Å².